The van der Waals surface area contributed by atoms with E-state index in [0.717, 1.165) is 15.7 Å². The third kappa shape index (κ3) is 3.91. The van der Waals surface area contributed by atoms with Crippen LogP contribution in [-0.2, 0) is 6.54 Å². The molecule has 0 radical (unpaired) electrons. The quantitative estimate of drug-likeness (QED) is 0.697. The molecule has 0 aliphatic heterocycles. The van der Waals surface area contributed by atoms with Gasteiger partial charge in [0.2, 0.25) is 0 Å². The summed E-state index contributed by atoms with van der Waals surface area (Å²) >= 11 is 3.45. The fraction of sp³-hybridized carbons (Fsp3) is 0.150. The average Bonchev–Trinajstić information content (AvgIpc) is 2.63. The van der Waals surface area contributed by atoms with Gasteiger partial charge in [-0.3, -0.25) is 14.6 Å². The summed E-state index contributed by atoms with van der Waals surface area (Å²) < 4.78 is 2.51. The van der Waals surface area contributed by atoms with Crippen LogP contribution in [0.3, 0.4) is 0 Å². The Kier molecular flexibility index (Phi) is 5.32. The number of rotatable bonds is 4. The van der Waals surface area contributed by atoms with Crippen LogP contribution in [-0.4, -0.2) is 15.5 Å². The van der Waals surface area contributed by atoms with Crippen LogP contribution in [0.15, 0.2) is 64.0 Å². The van der Waals surface area contributed by atoms with Crippen LogP contribution in [0.4, 0.5) is 5.69 Å². The van der Waals surface area contributed by atoms with Crippen LogP contribution in [0.25, 0.3) is 11.3 Å². The van der Waals surface area contributed by atoms with Crippen molar-refractivity contribution in [1.82, 2.24) is 9.55 Å². The Labute approximate surface area is 159 Å². The third-order valence-corrected chi connectivity index (χ3v) is 4.53. The number of carbonyl (C=O) groups excluding carboxylic acids is 1. The standard InChI is InChI=1S/C20H18BrN3O2/c1-3-24-12-16(7-10-19(24)25)23-20(26)17-8-9-18(22-13(17)2)14-5-4-6-15(21)11-14/h4-12H,3H2,1-2H3,(H,23,26). The van der Waals surface area contributed by atoms with Crippen molar-refractivity contribution in [3.8, 4) is 11.3 Å². The van der Waals surface area contributed by atoms with E-state index in [1.165, 1.54) is 10.6 Å². The molecule has 0 bridgehead atoms. The van der Waals surface area contributed by atoms with Gasteiger partial charge in [-0.1, -0.05) is 28.1 Å². The van der Waals surface area contributed by atoms with E-state index in [1.807, 2.05) is 44.2 Å². The van der Waals surface area contributed by atoms with Crippen molar-refractivity contribution >= 4 is 27.5 Å². The van der Waals surface area contributed by atoms with Crippen molar-refractivity contribution in [3.63, 3.8) is 0 Å². The number of nitrogens with zero attached hydrogens (tertiary/aromatic N) is 2. The minimum atomic E-state index is -0.253. The van der Waals surface area contributed by atoms with E-state index in [0.29, 0.717) is 23.5 Å². The smallest absolute Gasteiger partial charge is 0.257 e. The summed E-state index contributed by atoms with van der Waals surface area (Å²) in [5.74, 6) is -0.253. The number of hydrogen-bond acceptors (Lipinski definition) is 3. The Balaban J connectivity index is 1.85. The second kappa shape index (κ2) is 7.66. The molecule has 3 aromatic rings. The van der Waals surface area contributed by atoms with Gasteiger partial charge in [-0.05, 0) is 44.2 Å². The molecule has 0 unspecified atom stereocenters. The molecule has 0 atom stereocenters. The Morgan fingerprint density at radius 1 is 1.19 bits per heavy atom. The highest BCUT2D eigenvalue weighted by atomic mass is 79.9. The predicted octanol–water partition coefficient (Wildman–Crippen LogP) is 4.25. The number of benzene rings is 1. The molecular weight excluding hydrogens is 394 g/mol. The maximum Gasteiger partial charge on any atom is 0.257 e. The van der Waals surface area contributed by atoms with Gasteiger partial charge in [0.25, 0.3) is 11.5 Å². The molecule has 0 saturated carbocycles. The minimum absolute atomic E-state index is 0.0956. The number of anilines is 1. The summed E-state index contributed by atoms with van der Waals surface area (Å²) in [5.41, 5.74) is 3.40. The maximum absolute atomic E-state index is 12.6. The van der Waals surface area contributed by atoms with Crippen molar-refractivity contribution in [1.29, 1.82) is 0 Å². The topological polar surface area (TPSA) is 64.0 Å². The van der Waals surface area contributed by atoms with E-state index in [1.54, 1.807) is 18.3 Å². The first-order valence-electron chi connectivity index (χ1n) is 8.23. The van der Waals surface area contributed by atoms with Gasteiger partial charge in [-0.2, -0.15) is 0 Å². The van der Waals surface area contributed by atoms with Gasteiger partial charge in [0, 0.05) is 28.8 Å². The zero-order chi connectivity index (χ0) is 18.7. The highest BCUT2D eigenvalue weighted by Crippen LogP contribution is 2.23. The molecule has 6 heteroatoms. The normalized spacial score (nSPS) is 10.6. The molecule has 2 aromatic heterocycles. The van der Waals surface area contributed by atoms with Crippen LogP contribution in [0.1, 0.15) is 23.0 Å². The fourth-order valence-electron chi connectivity index (χ4n) is 2.66. The summed E-state index contributed by atoms with van der Waals surface area (Å²) in [4.78, 5) is 28.8. The van der Waals surface area contributed by atoms with Gasteiger partial charge >= 0.3 is 0 Å². The van der Waals surface area contributed by atoms with Crippen molar-refractivity contribution in [2.24, 2.45) is 0 Å². The van der Waals surface area contributed by atoms with Crippen molar-refractivity contribution in [2.45, 2.75) is 20.4 Å². The molecule has 0 aliphatic rings. The molecule has 1 N–H and O–H groups in total. The minimum Gasteiger partial charge on any atom is -0.321 e. The number of aromatic nitrogens is 2. The molecule has 3 rings (SSSR count). The lowest BCUT2D eigenvalue weighted by atomic mass is 10.1. The first-order valence-corrected chi connectivity index (χ1v) is 9.02. The van der Waals surface area contributed by atoms with E-state index in [2.05, 4.69) is 26.2 Å². The van der Waals surface area contributed by atoms with Crippen LogP contribution >= 0.6 is 15.9 Å². The maximum atomic E-state index is 12.6. The highest BCUT2D eigenvalue weighted by molar-refractivity contribution is 9.10. The molecule has 1 amide bonds. The van der Waals surface area contributed by atoms with Gasteiger partial charge in [-0.25, -0.2) is 0 Å². The number of pyridine rings is 2. The zero-order valence-corrected chi connectivity index (χ0v) is 16.1. The van der Waals surface area contributed by atoms with Gasteiger partial charge in [0.05, 0.1) is 22.6 Å². The average molecular weight is 412 g/mol. The molecule has 1 aromatic carbocycles. The molecule has 0 spiro atoms. The van der Waals surface area contributed by atoms with E-state index in [9.17, 15) is 9.59 Å². The Morgan fingerprint density at radius 2 is 2.00 bits per heavy atom. The second-order valence-electron chi connectivity index (χ2n) is 5.84. The lowest BCUT2D eigenvalue weighted by molar-refractivity contribution is 0.102. The number of amides is 1. The van der Waals surface area contributed by atoms with Gasteiger partial charge in [-0.15, -0.1) is 0 Å². The number of aryl methyl sites for hydroxylation is 2. The SMILES string of the molecule is CCn1cc(NC(=O)c2ccc(-c3cccc(Br)c3)nc2C)ccc1=O. The van der Waals surface area contributed by atoms with Crippen LogP contribution in [0.5, 0.6) is 0 Å². The molecule has 0 saturated heterocycles. The molecule has 132 valence electrons. The van der Waals surface area contributed by atoms with Crippen molar-refractivity contribution < 1.29 is 4.79 Å². The fourth-order valence-corrected chi connectivity index (χ4v) is 3.06. The Hall–Kier alpha value is -2.73. The number of carbonyl (C=O) groups is 1. The van der Waals surface area contributed by atoms with Gasteiger partial charge in [0.15, 0.2) is 0 Å². The number of nitrogens with one attached hydrogen (secondary N) is 1. The summed E-state index contributed by atoms with van der Waals surface area (Å²) in [5, 5.41) is 2.82. The first kappa shape index (κ1) is 18.1. The van der Waals surface area contributed by atoms with Crippen LogP contribution in [0.2, 0.25) is 0 Å². The zero-order valence-electron chi connectivity index (χ0n) is 14.5. The summed E-state index contributed by atoms with van der Waals surface area (Å²) in [7, 11) is 0. The number of hydrogen-bond donors (Lipinski definition) is 1. The second-order valence-corrected chi connectivity index (χ2v) is 6.75. The molecule has 0 fully saturated rings. The van der Waals surface area contributed by atoms with Crippen molar-refractivity contribution in [2.75, 3.05) is 5.32 Å². The Bertz CT molecular complexity index is 1030. The largest absolute Gasteiger partial charge is 0.321 e. The molecule has 2 heterocycles. The van der Waals surface area contributed by atoms with Gasteiger partial charge < -0.3 is 9.88 Å². The predicted molar refractivity (Wildman–Crippen MR) is 106 cm³/mol. The van der Waals surface area contributed by atoms with Gasteiger partial charge in [0.1, 0.15) is 0 Å². The monoisotopic (exact) mass is 411 g/mol. The third-order valence-electron chi connectivity index (χ3n) is 4.03. The first-order chi connectivity index (χ1) is 12.5. The Morgan fingerprint density at radius 3 is 2.69 bits per heavy atom. The lowest BCUT2D eigenvalue weighted by Crippen LogP contribution is -2.20. The lowest BCUT2D eigenvalue weighted by Gasteiger charge is -2.10. The summed E-state index contributed by atoms with van der Waals surface area (Å²) in [6.07, 6.45) is 1.64. The van der Waals surface area contributed by atoms with Crippen molar-refractivity contribution in [3.05, 3.63) is 80.8 Å². The summed E-state index contributed by atoms with van der Waals surface area (Å²) in [6, 6.07) is 14.5. The molecule has 26 heavy (non-hydrogen) atoms. The molecular formula is C20H18BrN3O2. The van der Waals surface area contributed by atoms with Crippen LogP contribution < -0.4 is 10.9 Å². The van der Waals surface area contributed by atoms with E-state index in [4.69, 9.17) is 0 Å². The van der Waals surface area contributed by atoms with E-state index in [-0.39, 0.29) is 11.5 Å². The highest BCUT2D eigenvalue weighted by Gasteiger charge is 2.12. The van der Waals surface area contributed by atoms with E-state index >= 15 is 0 Å². The van der Waals surface area contributed by atoms with Crippen LogP contribution in [0, 0.1) is 6.92 Å². The van der Waals surface area contributed by atoms with E-state index < -0.39 is 0 Å². The number of halogens is 1. The molecule has 5 nitrogen and oxygen atoms in total. The molecule has 0 aliphatic carbocycles. The summed E-state index contributed by atoms with van der Waals surface area (Å²) in [6.45, 7) is 4.23.